The van der Waals surface area contributed by atoms with Gasteiger partial charge in [-0.2, -0.15) is 0 Å². The molecule has 5 aromatic rings. The van der Waals surface area contributed by atoms with E-state index in [0.29, 0.717) is 12.4 Å². The van der Waals surface area contributed by atoms with Gasteiger partial charge in [-0.1, -0.05) is 53.7 Å². The van der Waals surface area contributed by atoms with Gasteiger partial charge in [0.1, 0.15) is 11.9 Å². The van der Waals surface area contributed by atoms with Gasteiger partial charge in [-0.15, -0.1) is 0 Å². The Balaban J connectivity index is 1.48. The molecule has 0 aliphatic carbocycles. The highest BCUT2D eigenvalue weighted by molar-refractivity contribution is 6.02. The van der Waals surface area contributed by atoms with Gasteiger partial charge in [0.15, 0.2) is 5.82 Å². The van der Waals surface area contributed by atoms with E-state index in [1.54, 1.807) is 12.4 Å². The lowest BCUT2D eigenvalue weighted by molar-refractivity contribution is 0.0904. The molecule has 2 unspecified atom stereocenters. The fraction of sp³-hybridized carbons (Fsp3) is 0.167. The Hall–Kier alpha value is -4.65. The van der Waals surface area contributed by atoms with Crippen molar-refractivity contribution in [1.82, 2.24) is 19.9 Å². The highest BCUT2D eigenvalue weighted by atomic mass is 16.6. The second-order valence-electron chi connectivity index (χ2n) is 9.16. The van der Waals surface area contributed by atoms with E-state index in [9.17, 15) is 0 Å². The summed E-state index contributed by atoms with van der Waals surface area (Å²) in [5, 5.41) is 8.67. The summed E-state index contributed by atoms with van der Waals surface area (Å²) >= 11 is 0. The van der Waals surface area contributed by atoms with Gasteiger partial charge in [0.05, 0.1) is 34.8 Å². The number of benzene rings is 2. The number of aromatic nitrogens is 4. The fourth-order valence-electron chi connectivity index (χ4n) is 4.86. The molecular weight excluding hydrogens is 460 g/mol. The van der Waals surface area contributed by atoms with E-state index in [0.717, 1.165) is 50.4 Å². The summed E-state index contributed by atoms with van der Waals surface area (Å²) in [7, 11) is 0. The molecule has 6 rings (SSSR count). The highest BCUT2D eigenvalue weighted by Gasteiger charge is 2.30. The lowest BCUT2D eigenvalue weighted by Gasteiger charge is -2.16. The van der Waals surface area contributed by atoms with E-state index in [4.69, 9.17) is 14.8 Å². The van der Waals surface area contributed by atoms with Crippen molar-refractivity contribution < 1.29 is 4.84 Å². The number of hydrogen-bond acceptors (Lipinski definition) is 7. The van der Waals surface area contributed by atoms with Gasteiger partial charge in [-0.3, -0.25) is 9.97 Å². The first-order chi connectivity index (χ1) is 18.2. The number of oxime groups is 1. The van der Waals surface area contributed by atoms with Crippen LogP contribution in [-0.2, 0) is 11.4 Å². The first-order valence-electron chi connectivity index (χ1n) is 12.3. The van der Waals surface area contributed by atoms with Crippen LogP contribution in [0.3, 0.4) is 0 Å². The third-order valence-corrected chi connectivity index (χ3v) is 6.63. The average molecular weight is 487 g/mol. The second kappa shape index (κ2) is 9.78. The van der Waals surface area contributed by atoms with Gasteiger partial charge in [0.25, 0.3) is 0 Å². The third kappa shape index (κ3) is 4.51. The Bertz CT molecular complexity index is 1590. The van der Waals surface area contributed by atoms with E-state index in [2.05, 4.69) is 44.7 Å². The van der Waals surface area contributed by atoms with Gasteiger partial charge in [-0.05, 0) is 54.8 Å². The summed E-state index contributed by atoms with van der Waals surface area (Å²) in [6.07, 6.45) is 5.43. The fourth-order valence-corrected chi connectivity index (χ4v) is 4.86. The maximum atomic E-state index is 5.50. The molecule has 0 saturated carbocycles. The van der Waals surface area contributed by atoms with Crippen molar-refractivity contribution in [3.63, 3.8) is 0 Å². The zero-order valence-corrected chi connectivity index (χ0v) is 20.7. The van der Waals surface area contributed by atoms with Crippen LogP contribution in [0, 0.1) is 0 Å². The Morgan fingerprint density at radius 2 is 1.76 bits per heavy atom. The van der Waals surface area contributed by atoms with E-state index in [1.807, 2.05) is 68.6 Å². The predicted octanol–water partition coefficient (Wildman–Crippen LogP) is 6.24. The van der Waals surface area contributed by atoms with Crippen LogP contribution in [0.2, 0.25) is 0 Å². The lowest BCUT2D eigenvalue weighted by atomic mass is 9.91. The van der Waals surface area contributed by atoms with Gasteiger partial charge < -0.3 is 10.2 Å². The molecule has 1 aliphatic heterocycles. The molecule has 182 valence electrons. The van der Waals surface area contributed by atoms with E-state index in [-0.39, 0.29) is 12.0 Å². The molecule has 7 heteroatoms. The molecular formula is C30H26N6O. The Morgan fingerprint density at radius 3 is 2.54 bits per heavy atom. The summed E-state index contributed by atoms with van der Waals surface area (Å²) in [5.41, 5.74) is 6.79. The molecule has 7 nitrogen and oxygen atoms in total. The first-order valence-corrected chi connectivity index (χ1v) is 12.3. The highest BCUT2D eigenvalue weighted by Crippen LogP contribution is 2.35. The minimum absolute atomic E-state index is 0.0430. The van der Waals surface area contributed by atoms with Crippen molar-refractivity contribution in [1.29, 1.82) is 0 Å². The first kappa shape index (κ1) is 22.8. The van der Waals surface area contributed by atoms with E-state index < -0.39 is 0 Å². The molecule has 0 amide bonds. The molecule has 0 spiro atoms. The van der Waals surface area contributed by atoms with Crippen LogP contribution < -0.4 is 5.32 Å². The Kier molecular flexibility index (Phi) is 6.02. The maximum Gasteiger partial charge on any atom is 0.163 e. The molecule has 37 heavy (non-hydrogen) atoms. The van der Waals surface area contributed by atoms with Crippen LogP contribution >= 0.6 is 0 Å². The lowest BCUT2D eigenvalue weighted by Crippen LogP contribution is -2.16. The van der Waals surface area contributed by atoms with Gasteiger partial charge in [-0.25, -0.2) is 9.97 Å². The number of nitrogens with one attached hydrogen (secondary N) is 1. The zero-order chi connectivity index (χ0) is 25.2. The van der Waals surface area contributed by atoms with Crippen molar-refractivity contribution in [2.45, 2.75) is 32.4 Å². The molecule has 4 heterocycles. The van der Waals surface area contributed by atoms with Gasteiger partial charge in [0, 0.05) is 24.2 Å². The average Bonchev–Trinajstić information content (AvgIpc) is 3.29. The second-order valence-corrected chi connectivity index (χ2v) is 9.16. The Labute approximate surface area is 215 Å². The minimum Gasteiger partial charge on any atom is -0.392 e. The van der Waals surface area contributed by atoms with E-state index >= 15 is 0 Å². The van der Waals surface area contributed by atoms with Crippen LogP contribution in [0.15, 0.2) is 96.5 Å². The summed E-state index contributed by atoms with van der Waals surface area (Å²) in [6, 6.07) is 24.5. The zero-order valence-electron chi connectivity index (χ0n) is 20.7. The minimum atomic E-state index is -0.0430. The van der Waals surface area contributed by atoms with Crippen LogP contribution in [-0.4, -0.2) is 31.8 Å². The quantitative estimate of drug-likeness (QED) is 0.306. The Morgan fingerprint density at radius 1 is 0.892 bits per heavy atom. The van der Waals surface area contributed by atoms with Crippen molar-refractivity contribution >= 4 is 22.4 Å². The van der Waals surface area contributed by atoms with Crippen LogP contribution in [0.1, 0.15) is 31.0 Å². The summed E-state index contributed by atoms with van der Waals surface area (Å²) in [4.78, 5) is 24.5. The largest absolute Gasteiger partial charge is 0.392 e. The number of anilines is 1. The van der Waals surface area contributed by atoms with Crippen molar-refractivity contribution in [3.8, 4) is 22.5 Å². The normalized spacial score (nSPS) is 16.9. The standard InChI is InChI=1S/C30H26N6O/c1-19-27(20(2)37-36-19)22-15-23(17-31-16-22)29-34-26-13-8-12-25(21-9-4-3-5-10-21)28(26)30(35-29)33-18-24-11-6-7-14-32-24/h3-17,20,27H,18H2,1-2H3,(H,33,34,35). The predicted molar refractivity (Wildman–Crippen MR) is 146 cm³/mol. The molecule has 0 bridgehead atoms. The summed E-state index contributed by atoms with van der Waals surface area (Å²) < 4.78 is 0. The van der Waals surface area contributed by atoms with Crippen LogP contribution in [0.5, 0.6) is 0 Å². The molecule has 0 fully saturated rings. The van der Waals surface area contributed by atoms with E-state index in [1.165, 1.54) is 0 Å². The number of rotatable bonds is 6. The third-order valence-electron chi connectivity index (χ3n) is 6.63. The number of nitrogens with zero attached hydrogens (tertiary/aromatic N) is 5. The van der Waals surface area contributed by atoms with Crippen LogP contribution in [0.25, 0.3) is 33.4 Å². The van der Waals surface area contributed by atoms with Crippen molar-refractivity contribution in [2.75, 3.05) is 5.32 Å². The smallest absolute Gasteiger partial charge is 0.163 e. The molecule has 0 radical (unpaired) electrons. The number of hydrogen-bond donors (Lipinski definition) is 1. The summed E-state index contributed by atoms with van der Waals surface area (Å²) in [6.45, 7) is 4.55. The topological polar surface area (TPSA) is 85.2 Å². The molecule has 1 aliphatic rings. The van der Waals surface area contributed by atoms with Crippen LogP contribution in [0.4, 0.5) is 5.82 Å². The monoisotopic (exact) mass is 486 g/mol. The summed E-state index contributed by atoms with van der Waals surface area (Å²) in [5.74, 6) is 1.42. The van der Waals surface area contributed by atoms with Crippen molar-refractivity contribution in [3.05, 3.63) is 103 Å². The van der Waals surface area contributed by atoms with Gasteiger partial charge >= 0.3 is 0 Å². The maximum absolute atomic E-state index is 5.50. The molecule has 2 aromatic carbocycles. The molecule has 1 N–H and O–H groups in total. The number of fused-ring (bicyclic) bond motifs is 1. The SMILES string of the molecule is CC1=NOC(C)C1c1cncc(-c2nc(NCc3ccccn3)c3c(-c4ccccc4)cccc3n2)c1. The van der Waals surface area contributed by atoms with Crippen molar-refractivity contribution in [2.24, 2.45) is 5.16 Å². The molecule has 0 saturated heterocycles. The molecule has 3 aromatic heterocycles. The van der Waals surface area contributed by atoms with Gasteiger partial charge in [0.2, 0.25) is 0 Å². The molecule has 2 atom stereocenters. The number of pyridine rings is 2.